The van der Waals surface area contributed by atoms with E-state index in [4.69, 9.17) is 16.9 Å². The molecule has 28 heavy (non-hydrogen) atoms. The lowest BCUT2D eigenvalue weighted by Crippen LogP contribution is -2.05. The van der Waals surface area contributed by atoms with E-state index in [-0.39, 0.29) is 11.4 Å². The second-order valence-electron chi connectivity index (χ2n) is 5.10. The van der Waals surface area contributed by atoms with Gasteiger partial charge in [0.1, 0.15) is 6.07 Å². The van der Waals surface area contributed by atoms with E-state index in [0.29, 0.717) is 6.07 Å². The molecule has 0 amide bonds. The number of nitrogens with zero attached hydrogens (tertiary/aromatic N) is 4. The molecule has 0 spiro atoms. The molecule has 2 aromatic carbocycles. The molecule has 0 aliphatic carbocycles. The van der Waals surface area contributed by atoms with Gasteiger partial charge in [-0.25, -0.2) is 0 Å². The molecule has 146 valence electrons. The lowest BCUT2D eigenvalue weighted by molar-refractivity contribution is -0.138. The van der Waals surface area contributed by atoms with E-state index in [1.165, 1.54) is 6.07 Å². The number of anilines is 1. The number of nitriles is 1. The summed E-state index contributed by atoms with van der Waals surface area (Å²) in [4.78, 5) is 0. The third kappa shape index (κ3) is 5.68. The van der Waals surface area contributed by atoms with Crippen molar-refractivity contribution in [1.82, 2.24) is 0 Å². The van der Waals surface area contributed by atoms with Crippen molar-refractivity contribution < 1.29 is 26.3 Å². The maximum Gasteiger partial charge on any atom is 0.417 e. The quantitative estimate of drug-likeness (QED) is 0.205. The molecular weight excluding hydrogens is 412 g/mol. The Morgan fingerprint density at radius 3 is 2.14 bits per heavy atom. The van der Waals surface area contributed by atoms with Gasteiger partial charge in [0, 0.05) is 0 Å². The number of hydrazone groups is 1. The van der Waals surface area contributed by atoms with Gasteiger partial charge in [-0.3, -0.25) is 5.43 Å². The van der Waals surface area contributed by atoms with Crippen LogP contribution in [0.15, 0.2) is 57.8 Å². The molecule has 0 radical (unpaired) electrons. The lowest BCUT2D eigenvalue weighted by Gasteiger charge is -2.08. The monoisotopic (exact) mass is 419 g/mol. The molecule has 5 nitrogen and oxygen atoms in total. The van der Waals surface area contributed by atoms with Crippen LogP contribution in [0.4, 0.5) is 37.7 Å². The number of amidine groups is 1. The summed E-state index contributed by atoms with van der Waals surface area (Å²) in [6.45, 7) is 0. The molecule has 2 aromatic rings. The summed E-state index contributed by atoms with van der Waals surface area (Å²) in [5.74, 6) is -0.566. The molecule has 0 atom stereocenters. The Labute approximate surface area is 158 Å². The van der Waals surface area contributed by atoms with Crippen LogP contribution >= 0.6 is 11.6 Å². The van der Waals surface area contributed by atoms with Crippen molar-refractivity contribution in [3.8, 4) is 6.07 Å². The number of benzene rings is 2. The summed E-state index contributed by atoms with van der Waals surface area (Å²) in [7, 11) is 0. The number of hydrogen-bond donors (Lipinski definition) is 1. The van der Waals surface area contributed by atoms with E-state index in [2.05, 4.69) is 20.8 Å². The van der Waals surface area contributed by atoms with Gasteiger partial charge < -0.3 is 0 Å². The number of rotatable bonds is 3. The zero-order valence-corrected chi connectivity index (χ0v) is 14.2. The largest absolute Gasteiger partial charge is 0.417 e. The van der Waals surface area contributed by atoms with Gasteiger partial charge in [-0.15, -0.1) is 15.3 Å². The molecule has 0 heterocycles. The Morgan fingerprint density at radius 1 is 0.964 bits per heavy atom. The van der Waals surface area contributed by atoms with Gasteiger partial charge in [0.25, 0.3) is 5.84 Å². The van der Waals surface area contributed by atoms with Crippen molar-refractivity contribution in [1.29, 1.82) is 5.26 Å². The summed E-state index contributed by atoms with van der Waals surface area (Å²) < 4.78 is 75.8. The predicted molar refractivity (Wildman–Crippen MR) is 89.1 cm³/mol. The van der Waals surface area contributed by atoms with Crippen LogP contribution in [0.5, 0.6) is 0 Å². The van der Waals surface area contributed by atoms with Crippen molar-refractivity contribution in [2.24, 2.45) is 15.3 Å². The van der Waals surface area contributed by atoms with Crippen molar-refractivity contribution >= 4 is 28.8 Å². The highest BCUT2D eigenvalue weighted by molar-refractivity contribution is 6.31. The van der Waals surface area contributed by atoms with Crippen LogP contribution < -0.4 is 5.43 Å². The van der Waals surface area contributed by atoms with E-state index >= 15 is 0 Å². The van der Waals surface area contributed by atoms with E-state index in [0.717, 1.165) is 36.4 Å². The fourth-order valence-electron chi connectivity index (χ4n) is 1.82. The minimum atomic E-state index is -4.70. The van der Waals surface area contributed by atoms with Gasteiger partial charge in [0.2, 0.25) is 0 Å². The van der Waals surface area contributed by atoms with Gasteiger partial charge >= 0.3 is 12.4 Å². The zero-order chi connectivity index (χ0) is 20.9. The summed E-state index contributed by atoms with van der Waals surface area (Å²) in [5, 5.41) is 18.8. The van der Waals surface area contributed by atoms with Crippen molar-refractivity contribution in [2.45, 2.75) is 12.4 Å². The molecular formula is C16H8ClF6N5. The molecule has 0 aromatic heterocycles. The number of halogens is 7. The minimum absolute atomic E-state index is 0.127. The van der Waals surface area contributed by atoms with Gasteiger partial charge in [-0.1, -0.05) is 11.6 Å². The van der Waals surface area contributed by atoms with E-state index in [1.807, 2.05) is 0 Å². The van der Waals surface area contributed by atoms with Crippen LogP contribution in [-0.2, 0) is 12.4 Å². The first-order valence-electron chi connectivity index (χ1n) is 7.20. The average Bonchev–Trinajstić information content (AvgIpc) is 2.61. The van der Waals surface area contributed by atoms with Crippen LogP contribution in [0, 0.1) is 11.3 Å². The van der Waals surface area contributed by atoms with Crippen molar-refractivity contribution in [2.75, 3.05) is 5.43 Å². The van der Waals surface area contributed by atoms with Gasteiger partial charge in [-0.2, -0.15) is 31.6 Å². The molecule has 0 saturated carbocycles. The van der Waals surface area contributed by atoms with Gasteiger partial charge in [-0.05, 0) is 42.5 Å². The average molecular weight is 420 g/mol. The second kappa shape index (κ2) is 8.26. The summed E-state index contributed by atoms with van der Waals surface area (Å²) in [5.41, 5.74) is 0.206. The Morgan fingerprint density at radius 2 is 1.61 bits per heavy atom. The molecule has 0 unspecified atom stereocenters. The van der Waals surface area contributed by atoms with Gasteiger partial charge in [0.05, 0.1) is 27.5 Å². The second-order valence-corrected chi connectivity index (χ2v) is 5.50. The summed E-state index contributed by atoms with van der Waals surface area (Å²) >= 11 is 5.48. The predicted octanol–water partition coefficient (Wildman–Crippen LogP) is 6.41. The highest BCUT2D eigenvalue weighted by atomic mass is 35.5. The molecule has 2 rings (SSSR count). The van der Waals surface area contributed by atoms with Crippen LogP contribution in [-0.4, -0.2) is 5.84 Å². The SMILES string of the molecule is N#CC(/N=N/c1ccc(Cl)c(C(F)(F)F)c1)=N\Nc1ccc(C(F)(F)F)cc1. The minimum Gasteiger partial charge on any atom is -0.276 e. The maximum absolute atomic E-state index is 12.8. The topological polar surface area (TPSA) is 72.9 Å². The number of hydrogen-bond acceptors (Lipinski definition) is 4. The fourth-order valence-corrected chi connectivity index (χ4v) is 2.04. The molecule has 0 aliphatic heterocycles. The Hall–Kier alpha value is -3.13. The van der Waals surface area contributed by atoms with E-state index < -0.39 is 34.3 Å². The Balaban J connectivity index is 2.15. The van der Waals surface area contributed by atoms with Crippen LogP contribution in [0.1, 0.15) is 11.1 Å². The number of nitrogens with one attached hydrogen (secondary N) is 1. The van der Waals surface area contributed by atoms with Crippen LogP contribution in [0.25, 0.3) is 0 Å². The fraction of sp³-hybridized carbons (Fsp3) is 0.125. The third-order valence-electron chi connectivity index (χ3n) is 3.12. The highest BCUT2D eigenvalue weighted by Gasteiger charge is 2.33. The standard InChI is InChI=1S/C16H8ClF6N5/c17-13-6-5-11(7-12(13)16(21,22)23)26-28-14(8-24)27-25-10-3-1-9(2-4-10)15(18,19)20/h1-7,25H/b27-14+,28-26+. The highest BCUT2D eigenvalue weighted by Crippen LogP contribution is 2.36. The van der Waals surface area contributed by atoms with E-state index in [9.17, 15) is 26.3 Å². The zero-order valence-electron chi connectivity index (χ0n) is 13.5. The molecule has 1 N–H and O–H groups in total. The normalized spacial score (nSPS) is 12.9. The maximum atomic E-state index is 12.8. The molecule has 0 bridgehead atoms. The number of azo groups is 1. The summed E-state index contributed by atoms with van der Waals surface area (Å²) in [6.07, 6.45) is -9.19. The molecule has 0 fully saturated rings. The third-order valence-corrected chi connectivity index (χ3v) is 3.45. The smallest absolute Gasteiger partial charge is 0.276 e. The Bertz CT molecular complexity index is 942. The lowest BCUT2D eigenvalue weighted by atomic mass is 10.2. The first-order chi connectivity index (χ1) is 13.0. The van der Waals surface area contributed by atoms with Gasteiger partial charge in [0.15, 0.2) is 0 Å². The van der Waals surface area contributed by atoms with E-state index in [1.54, 1.807) is 0 Å². The first-order valence-corrected chi connectivity index (χ1v) is 7.58. The van der Waals surface area contributed by atoms with Crippen molar-refractivity contribution in [3.63, 3.8) is 0 Å². The Kier molecular flexibility index (Phi) is 6.25. The number of alkyl halides is 6. The van der Waals surface area contributed by atoms with Crippen LogP contribution in [0.3, 0.4) is 0 Å². The molecule has 0 saturated heterocycles. The van der Waals surface area contributed by atoms with Crippen LogP contribution in [0.2, 0.25) is 5.02 Å². The molecule has 0 aliphatic rings. The summed E-state index contributed by atoms with van der Waals surface area (Å²) in [6, 6.07) is 8.06. The first kappa shape index (κ1) is 21.2. The van der Waals surface area contributed by atoms with Crippen molar-refractivity contribution in [3.05, 3.63) is 58.6 Å². The molecule has 12 heteroatoms.